The molecular weight excluding hydrogens is 453 g/mol. The van der Waals surface area contributed by atoms with E-state index in [0.717, 1.165) is 44.4 Å². The Kier molecular flexibility index (Phi) is 7.33. The summed E-state index contributed by atoms with van der Waals surface area (Å²) in [5.74, 6) is 0.188. The van der Waals surface area contributed by atoms with Gasteiger partial charge in [-0.1, -0.05) is 18.9 Å². The molecule has 0 bridgehead atoms. The molecule has 4 rings (SSSR count). The molecule has 2 fully saturated rings. The summed E-state index contributed by atoms with van der Waals surface area (Å²) >= 11 is 1.70. The van der Waals surface area contributed by atoms with Crippen molar-refractivity contribution in [2.75, 3.05) is 19.6 Å². The number of carbonyl (C=O) groups is 2. The third-order valence-electron chi connectivity index (χ3n) is 6.59. The Bertz CT molecular complexity index is 967. The van der Waals surface area contributed by atoms with Gasteiger partial charge in [0.15, 0.2) is 0 Å². The topological polar surface area (TPSA) is 83.1 Å². The van der Waals surface area contributed by atoms with Gasteiger partial charge in [-0.15, -0.1) is 11.3 Å². The number of thiazole rings is 1. The van der Waals surface area contributed by atoms with Crippen LogP contribution in [0, 0.1) is 11.8 Å². The number of amides is 2. The van der Waals surface area contributed by atoms with Gasteiger partial charge in [-0.3, -0.25) is 9.59 Å². The smallest absolute Gasteiger partial charge is 0.350 e. The van der Waals surface area contributed by atoms with Crippen LogP contribution in [0.15, 0.2) is 35.8 Å². The zero-order chi connectivity index (χ0) is 23.4. The van der Waals surface area contributed by atoms with Crippen molar-refractivity contribution in [3.8, 4) is 0 Å². The second kappa shape index (κ2) is 10.2. The molecule has 1 saturated carbocycles. The van der Waals surface area contributed by atoms with Crippen LogP contribution in [-0.4, -0.2) is 42.5 Å². The van der Waals surface area contributed by atoms with Gasteiger partial charge < -0.3 is 16.0 Å². The first-order chi connectivity index (χ1) is 15.8. The highest BCUT2D eigenvalue weighted by Gasteiger charge is 2.38. The highest BCUT2D eigenvalue weighted by molar-refractivity contribution is 7.09. The lowest BCUT2D eigenvalue weighted by Crippen LogP contribution is -2.47. The van der Waals surface area contributed by atoms with Crippen molar-refractivity contribution in [2.45, 2.75) is 43.8 Å². The summed E-state index contributed by atoms with van der Waals surface area (Å²) in [6.07, 6.45) is 1.76. The molecule has 0 radical (unpaired) electrons. The maximum atomic E-state index is 12.9. The Hall–Kier alpha value is -2.46. The maximum Gasteiger partial charge on any atom is 0.416 e. The Balaban J connectivity index is 1.29. The Morgan fingerprint density at radius 3 is 2.82 bits per heavy atom. The average molecular weight is 481 g/mol. The molecule has 3 N–H and O–H groups in total. The number of alkyl halides is 3. The molecule has 1 saturated heterocycles. The zero-order valence-corrected chi connectivity index (χ0v) is 18.8. The number of nitrogens with zero attached hydrogens (tertiary/aromatic N) is 1. The van der Waals surface area contributed by atoms with Crippen LogP contribution in [0.25, 0.3) is 0 Å². The van der Waals surface area contributed by atoms with Crippen molar-refractivity contribution in [1.29, 1.82) is 0 Å². The number of hydrogen-bond donors (Lipinski definition) is 3. The molecule has 2 amide bonds. The van der Waals surface area contributed by atoms with E-state index in [0.29, 0.717) is 24.3 Å². The van der Waals surface area contributed by atoms with Gasteiger partial charge in [-0.05, 0) is 42.9 Å². The molecule has 1 aromatic heterocycles. The number of hydrogen-bond acceptors (Lipinski definition) is 5. The van der Waals surface area contributed by atoms with Crippen LogP contribution in [0.3, 0.4) is 0 Å². The lowest BCUT2D eigenvalue weighted by molar-refractivity contribution is -0.137. The van der Waals surface area contributed by atoms with E-state index in [1.165, 1.54) is 17.1 Å². The highest BCUT2D eigenvalue weighted by Crippen LogP contribution is 2.41. The normalized spacial score (nSPS) is 25.5. The first-order valence-electron chi connectivity index (χ1n) is 11.2. The molecule has 2 aliphatic rings. The molecule has 4 atom stereocenters. The summed E-state index contributed by atoms with van der Waals surface area (Å²) < 4.78 is 38.6. The van der Waals surface area contributed by atoms with Gasteiger partial charge in [0, 0.05) is 42.2 Å². The van der Waals surface area contributed by atoms with E-state index in [9.17, 15) is 22.8 Å². The fourth-order valence-electron chi connectivity index (χ4n) is 4.99. The van der Waals surface area contributed by atoms with Crippen molar-refractivity contribution in [3.05, 3.63) is 52.0 Å². The van der Waals surface area contributed by atoms with Gasteiger partial charge in [-0.2, -0.15) is 13.2 Å². The third kappa shape index (κ3) is 5.92. The Morgan fingerprint density at radius 2 is 2.06 bits per heavy atom. The number of halogens is 3. The minimum absolute atomic E-state index is 0.0389. The van der Waals surface area contributed by atoms with E-state index in [4.69, 9.17) is 0 Å². The maximum absolute atomic E-state index is 12.9. The molecule has 0 spiro atoms. The lowest BCUT2D eigenvalue weighted by Gasteiger charge is -2.34. The van der Waals surface area contributed by atoms with Gasteiger partial charge in [-0.25, -0.2) is 4.98 Å². The average Bonchev–Trinajstić information content (AvgIpc) is 3.49. The van der Waals surface area contributed by atoms with E-state index in [1.54, 1.807) is 11.3 Å². The largest absolute Gasteiger partial charge is 0.416 e. The first-order valence-corrected chi connectivity index (χ1v) is 12.0. The van der Waals surface area contributed by atoms with E-state index in [-0.39, 0.29) is 24.1 Å². The van der Waals surface area contributed by atoms with E-state index in [2.05, 4.69) is 20.9 Å². The second-order valence-corrected chi connectivity index (χ2v) is 9.68. The fourth-order valence-corrected chi connectivity index (χ4v) is 5.78. The van der Waals surface area contributed by atoms with Crippen LogP contribution >= 0.6 is 11.3 Å². The zero-order valence-electron chi connectivity index (χ0n) is 18.0. The predicted octanol–water partition coefficient (Wildman–Crippen LogP) is 3.57. The highest BCUT2D eigenvalue weighted by atomic mass is 32.1. The van der Waals surface area contributed by atoms with Crippen molar-refractivity contribution in [3.63, 3.8) is 0 Å². The molecule has 10 heteroatoms. The second-order valence-electron chi connectivity index (χ2n) is 8.75. The van der Waals surface area contributed by atoms with E-state index >= 15 is 0 Å². The number of nitrogens with one attached hydrogen (secondary N) is 3. The molecule has 33 heavy (non-hydrogen) atoms. The van der Waals surface area contributed by atoms with Gasteiger partial charge in [0.1, 0.15) is 0 Å². The van der Waals surface area contributed by atoms with E-state index in [1.807, 2.05) is 11.6 Å². The van der Waals surface area contributed by atoms with Crippen molar-refractivity contribution >= 4 is 23.2 Å². The summed E-state index contributed by atoms with van der Waals surface area (Å²) in [4.78, 5) is 29.2. The molecular formula is C23H27F3N4O2S. The summed E-state index contributed by atoms with van der Waals surface area (Å²) in [5, 5.41) is 12.0. The van der Waals surface area contributed by atoms with Crippen molar-refractivity contribution in [1.82, 2.24) is 20.9 Å². The third-order valence-corrected chi connectivity index (χ3v) is 7.53. The quantitative estimate of drug-likeness (QED) is 0.590. The van der Waals surface area contributed by atoms with Crippen LogP contribution in [0.2, 0.25) is 0 Å². The van der Waals surface area contributed by atoms with Crippen molar-refractivity contribution < 1.29 is 22.8 Å². The van der Waals surface area contributed by atoms with Crippen molar-refractivity contribution in [2.24, 2.45) is 11.8 Å². The van der Waals surface area contributed by atoms with Gasteiger partial charge in [0.05, 0.1) is 17.1 Å². The predicted molar refractivity (Wildman–Crippen MR) is 119 cm³/mol. The number of carbonyl (C=O) groups excluding carboxylic acids is 2. The molecule has 1 aliphatic heterocycles. The minimum Gasteiger partial charge on any atom is -0.350 e. The molecule has 2 aromatic rings. The molecule has 178 valence electrons. The van der Waals surface area contributed by atoms with Gasteiger partial charge >= 0.3 is 6.18 Å². The number of aromatic nitrogens is 1. The molecule has 3 unspecified atom stereocenters. The molecule has 1 aliphatic carbocycles. The standard InChI is InChI=1S/C23H27F3N4O2S/c24-23(25,26)17-6-2-4-15(10-17)21(32)29-13-20(31)30-19-12-27-11-18(19)14-3-1-5-16(9-14)22-28-7-8-33-22/h2,4,6-8,10,14,16,18-19,27H,1,3,5,9,11-13H2,(H,29,32)(H,30,31)/t14?,16?,18?,19-/m0/s1. The Labute approximate surface area is 194 Å². The summed E-state index contributed by atoms with van der Waals surface area (Å²) in [7, 11) is 0. The SMILES string of the molecule is O=C(CNC(=O)c1cccc(C(F)(F)F)c1)N[C@H]1CNCC1C1CCCC(c2nccs2)C1. The molecule has 1 aromatic carbocycles. The van der Waals surface area contributed by atoms with Gasteiger partial charge in [0.25, 0.3) is 5.91 Å². The van der Waals surface area contributed by atoms with Crippen LogP contribution in [0.1, 0.15) is 52.5 Å². The van der Waals surface area contributed by atoms with Crippen LogP contribution in [0.4, 0.5) is 13.2 Å². The number of rotatable bonds is 6. The summed E-state index contributed by atoms with van der Waals surface area (Å²) in [6.45, 7) is 1.21. The Morgan fingerprint density at radius 1 is 1.21 bits per heavy atom. The molecule has 6 nitrogen and oxygen atoms in total. The fraction of sp³-hybridized carbons (Fsp3) is 0.522. The minimum atomic E-state index is -4.53. The van der Waals surface area contributed by atoms with E-state index < -0.39 is 17.6 Å². The number of benzene rings is 1. The van der Waals surface area contributed by atoms with Crippen LogP contribution < -0.4 is 16.0 Å². The van der Waals surface area contributed by atoms with Gasteiger partial charge in [0.2, 0.25) is 5.91 Å². The first kappa shape index (κ1) is 23.7. The van der Waals surface area contributed by atoms with Crippen LogP contribution in [-0.2, 0) is 11.0 Å². The molecule has 2 heterocycles. The lowest BCUT2D eigenvalue weighted by atomic mass is 9.73. The summed E-state index contributed by atoms with van der Waals surface area (Å²) in [6, 6.07) is 4.12. The van der Waals surface area contributed by atoms with Crippen LogP contribution in [0.5, 0.6) is 0 Å². The monoisotopic (exact) mass is 480 g/mol. The summed E-state index contributed by atoms with van der Waals surface area (Å²) in [5.41, 5.74) is -1.03.